The van der Waals surface area contributed by atoms with Crippen LogP contribution in [0.15, 0.2) is 47.1 Å². The van der Waals surface area contributed by atoms with Crippen LogP contribution < -0.4 is 0 Å². The van der Waals surface area contributed by atoms with E-state index >= 15 is 0 Å². The summed E-state index contributed by atoms with van der Waals surface area (Å²) in [6, 6.07) is 10.7. The highest BCUT2D eigenvalue weighted by Crippen LogP contribution is 2.36. The molecule has 0 aliphatic carbocycles. The zero-order valence-electron chi connectivity index (χ0n) is 13.4. The number of hydrogen-bond acceptors (Lipinski definition) is 5. The lowest BCUT2D eigenvalue weighted by atomic mass is 9.81. The molecular formula is C18H17NO5. The SMILES string of the molecule is COC(=O)c1coc(CN2C(=O)CC(C)(c3ccccc3)C2=O)c1. The standard InChI is InChI=1S/C18H17NO5/c1-18(13-6-4-3-5-7-13)9-15(20)19(17(18)22)10-14-8-12(11-24-14)16(21)23-2/h3-8,11H,9-10H2,1-2H3. The van der Waals surface area contributed by atoms with Crippen LogP contribution in [0.1, 0.15) is 35.0 Å². The van der Waals surface area contributed by atoms with Gasteiger partial charge in [-0.15, -0.1) is 0 Å². The van der Waals surface area contributed by atoms with Crippen LogP contribution in [0.25, 0.3) is 0 Å². The van der Waals surface area contributed by atoms with E-state index in [0.717, 1.165) is 5.56 Å². The summed E-state index contributed by atoms with van der Waals surface area (Å²) in [6.07, 6.45) is 1.36. The minimum absolute atomic E-state index is 0.00289. The van der Waals surface area contributed by atoms with Crippen LogP contribution in [0.2, 0.25) is 0 Å². The summed E-state index contributed by atoms with van der Waals surface area (Å²) in [5.74, 6) is -0.704. The Morgan fingerprint density at radius 2 is 2.00 bits per heavy atom. The van der Waals surface area contributed by atoms with Crippen molar-refractivity contribution in [1.82, 2.24) is 4.90 Å². The van der Waals surface area contributed by atoms with E-state index in [2.05, 4.69) is 4.74 Å². The lowest BCUT2D eigenvalue weighted by molar-refractivity contribution is -0.140. The zero-order chi connectivity index (χ0) is 17.3. The van der Waals surface area contributed by atoms with E-state index in [1.807, 2.05) is 30.3 Å². The van der Waals surface area contributed by atoms with Crippen LogP contribution in [-0.2, 0) is 26.3 Å². The largest absolute Gasteiger partial charge is 0.467 e. The lowest BCUT2D eigenvalue weighted by Gasteiger charge is -2.22. The molecule has 2 amide bonds. The molecule has 1 saturated heterocycles. The molecule has 1 unspecified atom stereocenters. The van der Waals surface area contributed by atoms with E-state index in [0.29, 0.717) is 5.76 Å². The number of furan rings is 1. The van der Waals surface area contributed by atoms with E-state index in [1.165, 1.54) is 24.3 Å². The van der Waals surface area contributed by atoms with Gasteiger partial charge in [0.05, 0.1) is 24.6 Å². The molecule has 2 aromatic rings. The molecule has 24 heavy (non-hydrogen) atoms. The van der Waals surface area contributed by atoms with Gasteiger partial charge in [0.1, 0.15) is 12.0 Å². The first-order chi connectivity index (χ1) is 11.5. The Bertz CT molecular complexity index is 795. The summed E-state index contributed by atoms with van der Waals surface area (Å²) in [6.45, 7) is 1.77. The number of likely N-dealkylation sites (tertiary alicyclic amines) is 1. The van der Waals surface area contributed by atoms with E-state index in [1.54, 1.807) is 6.92 Å². The topological polar surface area (TPSA) is 76.8 Å². The van der Waals surface area contributed by atoms with Crippen LogP contribution in [0.3, 0.4) is 0 Å². The van der Waals surface area contributed by atoms with Crippen LogP contribution in [0, 0.1) is 0 Å². The molecule has 1 aliphatic heterocycles. The van der Waals surface area contributed by atoms with Crippen molar-refractivity contribution in [3.05, 3.63) is 59.5 Å². The van der Waals surface area contributed by atoms with Gasteiger partial charge in [0.15, 0.2) is 0 Å². The highest BCUT2D eigenvalue weighted by Gasteiger charge is 2.49. The molecular weight excluding hydrogens is 310 g/mol. The second-order valence-electron chi connectivity index (χ2n) is 5.95. The maximum absolute atomic E-state index is 12.8. The van der Waals surface area contributed by atoms with Gasteiger partial charge in [0.25, 0.3) is 0 Å². The fraction of sp³-hybridized carbons (Fsp3) is 0.278. The summed E-state index contributed by atoms with van der Waals surface area (Å²) >= 11 is 0. The third kappa shape index (κ3) is 2.60. The van der Waals surface area contributed by atoms with E-state index in [-0.39, 0.29) is 30.3 Å². The van der Waals surface area contributed by atoms with Crippen molar-refractivity contribution in [1.29, 1.82) is 0 Å². The molecule has 6 heteroatoms. The number of hydrogen-bond donors (Lipinski definition) is 0. The van der Waals surface area contributed by atoms with E-state index in [4.69, 9.17) is 4.42 Å². The number of ether oxygens (including phenoxy) is 1. The Kier molecular flexibility index (Phi) is 3.97. The molecule has 1 atom stereocenters. The second-order valence-corrected chi connectivity index (χ2v) is 5.95. The molecule has 0 N–H and O–H groups in total. The van der Waals surface area contributed by atoms with Gasteiger partial charge in [0, 0.05) is 6.42 Å². The first-order valence-electron chi connectivity index (χ1n) is 7.52. The Balaban J connectivity index is 1.82. The monoisotopic (exact) mass is 327 g/mol. The summed E-state index contributed by atoms with van der Waals surface area (Å²) in [4.78, 5) is 37.8. The van der Waals surface area contributed by atoms with Crippen molar-refractivity contribution >= 4 is 17.8 Å². The number of amides is 2. The third-order valence-electron chi connectivity index (χ3n) is 4.32. The Morgan fingerprint density at radius 1 is 1.29 bits per heavy atom. The molecule has 1 aromatic carbocycles. The Morgan fingerprint density at radius 3 is 2.67 bits per heavy atom. The molecule has 1 aliphatic rings. The average molecular weight is 327 g/mol. The van der Waals surface area contributed by atoms with Crippen LogP contribution >= 0.6 is 0 Å². The van der Waals surface area contributed by atoms with Crippen molar-refractivity contribution in [3.8, 4) is 0 Å². The molecule has 2 heterocycles. The summed E-state index contributed by atoms with van der Waals surface area (Å²) < 4.78 is 9.88. The predicted molar refractivity (Wildman–Crippen MR) is 84.0 cm³/mol. The van der Waals surface area contributed by atoms with Crippen molar-refractivity contribution in [2.75, 3.05) is 7.11 Å². The smallest absolute Gasteiger partial charge is 0.341 e. The normalized spacial score (nSPS) is 20.5. The highest BCUT2D eigenvalue weighted by molar-refractivity contribution is 6.08. The minimum atomic E-state index is -0.879. The highest BCUT2D eigenvalue weighted by atomic mass is 16.5. The van der Waals surface area contributed by atoms with Gasteiger partial charge in [-0.3, -0.25) is 14.5 Å². The first-order valence-corrected chi connectivity index (χ1v) is 7.52. The molecule has 1 aromatic heterocycles. The fourth-order valence-corrected chi connectivity index (χ4v) is 2.92. The number of rotatable bonds is 4. The van der Waals surface area contributed by atoms with Crippen molar-refractivity contribution in [3.63, 3.8) is 0 Å². The summed E-state index contributed by atoms with van der Waals surface area (Å²) in [5.41, 5.74) is 0.175. The van der Waals surface area contributed by atoms with Gasteiger partial charge >= 0.3 is 5.97 Å². The number of methoxy groups -OCH3 is 1. The van der Waals surface area contributed by atoms with Crippen molar-refractivity contribution in [2.45, 2.75) is 25.3 Å². The Labute approximate surface area is 139 Å². The summed E-state index contributed by atoms with van der Waals surface area (Å²) in [5, 5.41) is 0. The predicted octanol–water partition coefficient (Wildman–Crippen LogP) is 2.28. The number of benzene rings is 1. The van der Waals surface area contributed by atoms with Gasteiger partial charge < -0.3 is 9.15 Å². The zero-order valence-corrected chi connectivity index (χ0v) is 13.4. The maximum Gasteiger partial charge on any atom is 0.341 e. The number of carbonyl (C=O) groups excluding carboxylic acids is 3. The van der Waals surface area contributed by atoms with Gasteiger partial charge in [0.2, 0.25) is 11.8 Å². The molecule has 0 bridgehead atoms. The molecule has 6 nitrogen and oxygen atoms in total. The van der Waals surface area contributed by atoms with E-state index in [9.17, 15) is 14.4 Å². The molecule has 0 spiro atoms. The van der Waals surface area contributed by atoms with Crippen LogP contribution in [0.4, 0.5) is 0 Å². The van der Waals surface area contributed by atoms with Crippen LogP contribution in [-0.4, -0.2) is 29.8 Å². The fourth-order valence-electron chi connectivity index (χ4n) is 2.92. The molecule has 1 fully saturated rings. The molecule has 3 rings (SSSR count). The van der Waals surface area contributed by atoms with Crippen molar-refractivity contribution < 1.29 is 23.5 Å². The number of imide groups is 1. The minimum Gasteiger partial charge on any atom is -0.467 e. The maximum atomic E-state index is 12.8. The van der Waals surface area contributed by atoms with Gasteiger partial charge in [-0.05, 0) is 18.6 Å². The molecule has 0 radical (unpaired) electrons. The summed E-state index contributed by atoms with van der Waals surface area (Å²) in [7, 11) is 1.27. The molecule has 124 valence electrons. The van der Waals surface area contributed by atoms with Crippen molar-refractivity contribution in [2.24, 2.45) is 0 Å². The lowest BCUT2D eigenvalue weighted by Crippen LogP contribution is -2.36. The van der Waals surface area contributed by atoms with Gasteiger partial charge in [-0.2, -0.15) is 0 Å². The number of nitrogens with zero attached hydrogens (tertiary/aromatic N) is 1. The third-order valence-corrected chi connectivity index (χ3v) is 4.32. The number of carbonyl (C=O) groups is 3. The number of esters is 1. The average Bonchev–Trinajstić information content (AvgIpc) is 3.15. The van der Waals surface area contributed by atoms with Crippen LogP contribution in [0.5, 0.6) is 0 Å². The molecule has 0 saturated carbocycles. The quantitative estimate of drug-likeness (QED) is 0.636. The van der Waals surface area contributed by atoms with Gasteiger partial charge in [-0.1, -0.05) is 30.3 Å². The first kappa shape index (κ1) is 16.0. The Hall–Kier alpha value is -2.89. The van der Waals surface area contributed by atoms with E-state index < -0.39 is 11.4 Å². The van der Waals surface area contributed by atoms with Gasteiger partial charge in [-0.25, -0.2) is 4.79 Å². The second kappa shape index (κ2) is 5.96.